The minimum atomic E-state index is -3.08. The number of aromatic nitrogens is 2. The zero-order chi connectivity index (χ0) is 25.4. The van der Waals surface area contributed by atoms with Gasteiger partial charge in [-0.1, -0.05) is 98.1 Å². The van der Waals surface area contributed by atoms with Crippen molar-refractivity contribution in [3.63, 3.8) is 0 Å². The van der Waals surface area contributed by atoms with Gasteiger partial charge in [-0.05, 0) is 47.5 Å². The van der Waals surface area contributed by atoms with Crippen LogP contribution in [-0.2, 0) is 4.57 Å². The molecular formula is C33H25N2OP. The van der Waals surface area contributed by atoms with Gasteiger partial charge < -0.3 is 4.57 Å². The van der Waals surface area contributed by atoms with Crippen molar-refractivity contribution in [2.24, 2.45) is 0 Å². The molecule has 4 heteroatoms. The van der Waals surface area contributed by atoms with E-state index in [2.05, 4.69) is 54.1 Å². The number of benzene rings is 4. The van der Waals surface area contributed by atoms with Crippen LogP contribution in [0.25, 0.3) is 39.8 Å². The van der Waals surface area contributed by atoms with E-state index in [0.717, 1.165) is 49.4 Å². The van der Waals surface area contributed by atoms with E-state index >= 15 is 0 Å². The Bertz CT molecular complexity index is 1710. The van der Waals surface area contributed by atoms with Crippen molar-refractivity contribution in [2.75, 3.05) is 0 Å². The van der Waals surface area contributed by atoms with Crippen LogP contribution in [0.1, 0.15) is 11.1 Å². The van der Waals surface area contributed by atoms with Gasteiger partial charge in [-0.15, -0.1) is 0 Å². The van der Waals surface area contributed by atoms with Crippen LogP contribution in [0.15, 0.2) is 129 Å². The van der Waals surface area contributed by atoms with Gasteiger partial charge in [-0.25, -0.2) is 4.98 Å². The van der Waals surface area contributed by atoms with Crippen molar-refractivity contribution in [1.29, 1.82) is 0 Å². The second-order valence-electron chi connectivity index (χ2n) is 8.95. The van der Waals surface area contributed by atoms with Gasteiger partial charge in [0.25, 0.3) is 0 Å². The molecule has 4 aromatic carbocycles. The molecule has 0 bridgehead atoms. The second-order valence-corrected chi connectivity index (χ2v) is 11.7. The Labute approximate surface area is 216 Å². The summed E-state index contributed by atoms with van der Waals surface area (Å²) in [7, 11) is -3.08. The van der Waals surface area contributed by atoms with E-state index in [1.165, 1.54) is 0 Å². The summed E-state index contributed by atoms with van der Waals surface area (Å²) in [6, 6.07) is 35.9. The molecule has 0 radical (unpaired) electrons. The smallest absolute Gasteiger partial charge is 0.172 e. The summed E-state index contributed by atoms with van der Waals surface area (Å²) in [5.74, 6) is 0.772. The third kappa shape index (κ3) is 3.76. The lowest BCUT2D eigenvalue weighted by Gasteiger charge is -2.20. The topological polar surface area (TPSA) is 34.9 Å². The SMILES string of the molecule is C=Cc1ccc2c(c1)c1cc(C=C)ccc1n2-c1ccc(P(=O)(c2ccccc2)c2ccccc2)cn1. The number of rotatable bonds is 6. The predicted octanol–water partition coefficient (Wildman–Crippen LogP) is 7.10. The number of hydrogen-bond donors (Lipinski definition) is 0. The highest BCUT2D eigenvalue weighted by molar-refractivity contribution is 7.85. The lowest BCUT2D eigenvalue weighted by Crippen LogP contribution is -2.25. The summed E-state index contributed by atoms with van der Waals surface area (Å²) < 4.78 is 16.9. The molecule has 0 spiro atoms. The zero-order valence-electron chi connectivity index (χ0n) is 20.3. The van der Waals surface area contributed by atoms with Crippen molar-refractivity contribution in [3.8, 4) is 5.82 Å². The van der Waals surface area contributed by atoms with Gasteiger partial charge in [0.15, 0.2) is 7.14 Å². The molecule has 0 fully saturated rings. The summed E-state index contributed by atoms with van der Waals surface area (Å²) in [6.07, 6.45) is 5.49. The van der Waals surface area contributed by atoms with Crippen LogP contribution < -0.4 is 15.9 Å². The van der Waals surface area contributed by atoms with E-state index in [4.69, 9.17) is 4.98 Å². The molecule has 0 aliphatic heterocycles. The molecule has 0 amide bonds. The number of nitrogens with zero attached hydrogens (tertiary/aromatic N) is 2. The normalized spacial score (nSPS) is 11.6. The fraction of sp³-hybridized carbons (Fsp3) is 0. The number of fused-ring (bicyclic) bond motifs is 3. The molecule has 2 heterocycles. The molecule has 6 rings (SSSR count). The van der Waals surface area contributed by atoms with E-state index in [0.29, 0.717) is 5.30 Å². The average Bonchev–Trinajstić information content (AvgIpc) is 3.30. The average molecular weight is 497 g/mol. The molecule has 2 aromatic heterocycles. The summed E-state index contributed by atoms with van der Waals surface area (Å²) >= 11 is 0. The van der Waals surface area contributed by atoms with Gasteiger partial charge in [0, 0.05) is 32.9 Å². The Kier molecular flexibility index (Phi) is 5.71. The largest absolute Gasteiger partial charge is 0.309 e. The Morgan fingerprint density at radius 2 is 1.14 bits per heavy atom. The van der Waals surface area contributed by atoms with Crippen LogP contribution in [0.4, 0.5) is 0 Å². The Balaban J connectivity index is 1.56. The van der Waals surface area contributed by atoms with E-state index in [-0.39, 0.29) is 0 Å². The maximum atomic E-state index is 14.7. The number of pyridine rings is 1. The van der Waals surface area contributed by atoms with Gasteiger partial charge in [-0.3, -0.25) is 4.57 Å². The van der Waals surface area contributed by atoms with Crippen LogP contribution in [0.2, 0.25) is 0 Å². The molecule has 0 aliphatic rings. The lowest BCUT2D eigenvalue weighted by molar-refractivity contribution is 0.592. The minimum Gasteiger partial charge on any atom is -0.309 e. The van der Waals surface area contributed by atoms with Crippen LogP contribution in [0.5, 0.6) is 0 Å². The maximum Gasteiger partial charge on any atom is 0.172 e. The first kappa shape index (κ1) is 23.0. The van der Waals surface area contributed by atoms with E-state index in [1.807, 2.05) is 84.9 Å². The van der Waals surface area contributed by atoms with Gasteiger partial charge in [0.05, 0.1) is 11.0 Å². The molecule has 3 nitrogen and oxygen atoms in total. The maximum absolute atomic E-state index is 14.7. The summed E-state index contributed by atoms with van der Waals surface area (Å²) in [5.41, 5.74) is 4.23. The second kappa shape index (κ2) is 9.20. The van der Waals surface area contributed by atoms with Crippen molar-refractivity contribution < 1.29 is 4.57 Å². The van der Waals surface area contributed by atoms with E-state index < -0.39 is 7.14 Å². The molecule has 0 saturated heterocycles. The third-order valence-electron chi connectivity index (χ3n) is 6.85. The molecule has 178 valence electrons. The Morgan fingerprint density at radius 1 is 0.622 bits per heavy atom. The third-order valence-corrected chi connectivity index (χ3v) is 9.89. The van der Waals surface area contributed by atoms with Crippen LogP contribution in [-0.4, -0.2) is 9.55 Å². The highest BCUT2D eigenvalue weighted by atomic mass is 31.2. The Morgan fingerprint density at radius 3 is 1.57 bits per heavy atom. The van der Waals surface area contributed by atoms with E-state index in [9.17, 15) is 4.57 Å². The monoisotopic (exact) mass is 496 g/mol. The standard InChI is InChI=1S/C33H25N2OP/c1-3-24-15-18-31-29(21-24)30-22-25(4-2)16-19-32(30)35(31)33-20-17-28(23-34-33)37(36,26-11-7-5-8-12-26)27-13-9-6-10-14-27/h3-23H,1-2H2. The van der Waals surface area contributed by atoms with Crippen molar-refractivity contribution in [3.05, 3.63) is 140 Å². The molecule has 0 unspecified atom stereocenters. The summed E-state index contributed by atoms with van der Waals surface area (Å²) in [4.78, 5) is 4.87. The predicted molar refractivity (Wildman–Crippen MR) is 158 cm³/mol. The van der Waals surface area contributed by atoms with Gasteiger partial charge in [-0.2, -0.15) is 0 Å². The van der Waals surface area contributed by atoms with Crippen molar-refractivity contribution in [1.82, 2.24) is 9.55 Å². The van der Waals surface area contributed by atoms with Crippen molar-refractivity contribution in [2.45, 2.75) is 0 Å². The first-order chi connectivity index (χ1) is 18.1. The molecule has 37 heavy (non-hydrogen) atoms. The number of hydrogen-bond acceptors (Lipinski definition) is 2. The lowest BCUT2D eigenvalue weighted by atomic mass is 10.1. The first-order valence-electron chi connectivity index (χ1n) is 12.1. The molecule has 0 atom stereocenters. The molecular weight excluding hydrogens is 471 g/mol. The summed E-state index contributed by atoms with van der Waals surface area (Å²) in [5, 5.41) is 4.54. The quantitative estimate of drug-likeness (QED) is 0.231. The molecule has 0 N–H and O–H groups in total. The molecule has 6 aromatic rings. The van der Waals surface area contributed by atoms with Gasteiger partial charge >= 0.3 is 0 Å². The van der Waals surface area contributed by atoms with E-state index in [1.54, 1.807) is 6.20 Å². The first-order valence-corrected chi connectivity index (χ1v) is 13.9. The highest BCUT2D eigenvalue weighted by Crippen LogP contribution is 2.42. The van der Waals surface area contributed by atoms with Gasteiger partial charge in [0.1, 0.15) is 5.82 Å². The molecule has 0 saturated carbocycles. The minimum absolute atomic E-state index is 0.706. The zero-order valence-corrected chi connectivity index (χ0v) is 21.2. The fourth-order valence-corrected chi connectivity index (χ4v) is 7.56. The highest BCUT2D eigenvalue weighted by Gasteiger charge is 2.30. The molecule has 0 aliphatic carbocycles. The van der Waals surface area contributed by atoms with Crippen LogP contribution in [0, 0.1) is 0 Å². The van der Waals surface area contributed by atoms with Gasteiger partial charge in [0.2, 0.25) is 0 Å². The fourth-order valence-electron chi connectivity index (χ4n) is 4.98. The van der Waals surface area contributed by atoms with Crippen LogP contribution in [0.3, 0.4) is 0 Å². The van der Waals surface area contributed by atoms with Crippen LogP contribution >= 0.6 is 7.14 Å². The summed E-state index contributed by atoms with van der Waals surface area (Å²) in [6.45, 7) is 7.87. The Hall–Kier alpha value is -4.46. The van der Waals surface area contributed by atoms with Crippen molar-refractivity contribution >= 4 is 57.0 Å².